The number of aliphatic hydroxyl groups excluding tert-OH is 5. The number of hydrogen-bond acceptors (Lipinski definition) is 10. The Bertz CT molecular complexity index is 376. The molecule has 2 fully saturated rings. The van der Waals surface area contributed by atoms with Crippen molar-refractivity contribution in [3.8, 4) is 0 Å². The van der Waals surface area contributed by atoms with E-state index in [9.17, 15) is 25.5 Å². The molecule has 2 saturated heterocycles. The molecule has 7 N–H and O–H groups in total. The standard InChI is InChI=1S/C14H27NO9.C2H6/c15-1-2-21-14-12(20)10(3-7(5-16)22-14)23-13-9(19)4-8(18)11(6-17)24-13;1-2/h7-14,16-20H,1-6,15H2;1-2H3/t7?,8-,9?,10?,11?,12?,13-,14?;/m0./s1. The maximum atomic E-state index is 10.3. The lowest BCUT2D eigenvalue weighted by Crippen LogP contribution is -2.56. The summed E-state index contributed by atoms with van der Waals surface area (Å²) in [5.41, 5.74) is 5.36. The van der Waals surface area contributed by atoms with E-state index < -0.39 is 55.8 Å². The molecule has 2 rings (SSSR count). The molecule has 0 aromatic heterocycles. The molecule has 2 heterocycles. The van der Waals surface area contributed by atoms with Gasteiger partial charge >= 0.3 is 0 Å². The van der Waals surface area contributed by atoms with E-state index in [2.05, 4.69) is 0 Å². The van der Waals surface area contributed by atoms with Crippen molar-refractivity contribution in [2.24, 2.45) is 5.73 Å². The van der Waals surface area contributed by atoms with Crippen LogP contribution in [0.15, 0.2) is 0 Å². The average Bonchev–Trinajstić information content (AvgIpc) is 2.65. The van der Waals surface area contributed by atoms with E-state index in [0.29, 0.717) is 0 Å². The fraction of sp³-hybridized carbons (Fsp3) is 1.00. The highest BCUT2D eigenvalue weighted by Crippen LogP contribution is 2.28. The van der Waals surface area contributed by atoms with Crippen LogP contribution in [0, 0.1) is 0 Å². The topological polar surface area (TPSA) is 164 Å². The van der Waals surface area contributed by atoms with Gasteiger partial charge in [-0.2, -0.15) is 0 Å². The lowest BCUT2D eigenvalue weighted by atomic mass is 10.0. The first-order chi connectivity index (χ1) is 12.5. The van der Waals surface area contributed by atoms with E-state index in [-0.39, 0.29) is 32.6 Å². The molecule has 0 aromatic carbocycles. The summed E-state index contributed by atoms with van der Waals surface area (Å²) >= 11 is 0. The first-order valence-electron chi connectivity index (χ1n) is 9.04. The normalized spacial score (nSPS) is 40.6. The lowest BCUT2D eigenvalue weighted by molar-refractivity contribution is -0.329. The van der Waals surface area contributed by atoms with Gasteiger partial charge in [-0.25, -0.2) is 0 Å². The smallest absolute Gasteiger partial charge is 0.186 e. The Hall–Kier alpha value is -0.400. The van der Waals surface area contributed by atoms with Crippen molar-refractivity contribution < 1.29 is 44.5 Å². The third kappa shape index (κ3) is 6.34. The van der Waals surface area contributed by atoms with Gasteiger partial charge in [0, 0.05) is 19.4 Å². The molecule has 0 aliphatic carbocycles. The fourth-order valence-corrected chi connectivity index (χ4v) is 2.80. The molecule has 0 amide bonds. The van der Waals surface area contributed by atoms with Crippen LogP contribution in [0.3, 0.4) is 0 Å². The molecule has 0 spiro atoms. The van der Waals surface area contributed by atoms with E-state index >= 15 is 0 Å². The maximum Gasteiger partial charge on any atom is 0.186 e. The molecular formula is C16H33NO9. The van der Waals surface area contributed by atoms with Crippen molar-refractivity contribution in [1.82, 2.24) is 0 Å². The quantitative estimate of drug-likeness (QED) is 0.281. The number of rotatable bonds is 7. The third-order valence-electron chi connectivity index (χ3n) is 4.11. The number of hydrogen-bond donors (Lipinski definition) is 6. The average molecular weight is 383 g/mol. The van der Waals surface area contributed by atoms with Crippen molar-refractivity contribution in [3.63, 3.8) is 0 Å². The van der Waals surface area contributed by atoms with E-state index in [4.69, 9.17) is 24.7 Å². The Labute approximate surface area is 153 Å². The van der Waals surface area contributed by atoms with Gasteiger partial charge in [-0.15, -0.1) is 0 Å². The highest BCUT2D eigenvalue weighted by atomic mass is 16.7. The van der Waals surface area contributed by atoms with E-state index in [1.807, 2.05) is 13.8 Å². The minimum atomic E-state index is -1.17. The van der Waals surface area contributed by atoms with Crippen LogP contribution in [-0.2, 0) is 18.9 Å². The van der Waals surface area contributed by atoms with Crippen LogP contribution < -0.4 is 5.73 Å². The zero-order valence-electron chi connectivity index (χ0n) is 15.3. The Balaban J connectivity index is 0.00000163. The predicted octanol–water partition coefficient (Wildman–Crippen LogP) is -2.33. The van der Waals surface area contributed by atoms with Crippen molar-refractivity contribution in [2.75, 3.05) is 26.4 Å². The molecule has 156 valence electrons. The van der Waals surface area contributed by atoms with Gasteiger partial charge in [-0.3, -0.25) is 0 Å². The predicted molar refractivity (Wildman–Crippen MR) is 90.0 cm³/mol. The Morgan fingerprint density at radius 2 is 1.65 bits per heavy atom. The van der Waals surface area contributed by atoms with Crippen LogP contribution in [0.1, 0.15) is 26.7 Å². The summed E-state index contributed by atoms with van der Waals surface area (Å²) in [6.45, 7) is 3.68. The summed E-state index contributed by atoms with van der Waals surface area (Å²) in [5.74, 6) is 0. The summed E-state index contributed by atoms with van der Waals surface area (Å²) in [6.07, 6.45) is -7.62. The number of nitrogens with two attached hydrogens (primary N) is 1. The minimum Gasteiger partial charge on any atom is -0.394 e. The summed E-state index contributed by atoms with van der Waals surface area (Å²) in [6, 6.07) is 0. The molecule has 0 saturated carbocycles. The van der Waals surface area contributed by atoms with Crippen LogP contribution in [0.25, 0.3) is 0 Å². The van der Waals surface area contributed by atoms with Crippen molar-refractivity contribution in [2.45, 2.75) is 75.9 Å². The second-order valence-corrected chi connectivity index (χ2v) is 5.97. The largest absolute Gasteiger partial charge is 0.394 e. The van der Waals surface area contributed by atoms with Crippen LogP contribution in [0.4, 0.5) is 0 Å². The van der Waals surface area contributed by atoms with Gasteiger partial charge in [0.25, 0.3) is 0 Å². The number of ether oxygens (including phenoxy) is 4. The minimum absolute atomic E-state index is 0.0221. The second kappa shape index (κ2) is 12.1. The maximum absolute atomic E-state index is 10.3. The molecule has 8 atom stereocenters. The molecule has 10 heteroatoms. The lowest BCUT2D eigenvalue weighted by Gasteiger charge is -2.42. The van der Waals surface area contributed by atoms with E-state index in [1.165, 1.54) is 0 Å². The Morgan fingerprint density at radius 3 is 2.23 bits per heavy atom. The van der Waals surface area contributed by atoms with Crippen LogP contribution >= 0.6 is 0 Å². The van der Waals surface area contributed by atoms with Crippen molar-refractivity contribution >= 4 is 0 Å². The molecule has 0 bridgehead atoms. The Morgan fingerprint density at radius 1 is 0.962 bits per heavy atom. The zero-order chi connectivity index (χ0) is 19.7. The van der Waals surface area contributed by atoms with Gasteiger partial charge in [0.2, 0.25) is 0 Å². The molecule has 0 aromatic rings. The van der Waals surface area contributed by atoms with Gasteiger partial charge in [0.05, 0.1) is 38.1 Å². The van der Waals surface area contributed by atoms with Crippen molar-refractivity contribution in [3.05, 3.63) is 0 Å². The molecule has 6 unspecified atom stereocenters. The summed E-state index contributed by atoms with van der Waals surface area (Å²) in [5, 5.41) is 48.5. The van der Waals surface area contributed by atoms with E-state index in [0.717, 1.165) is 0 Å². The first-order valence-corrected chi connectivity index (χ1v) is 9.04. The first kappa shape index (κ1) is 23.6. The number of aliphatic hydroxyl groups is 5. The third-order valence-corrected chi connectivity index (χ3v) is 4.11. The van der Waals surface area contributed by atoms with Crippen molar-refractivity contribution in [1.29, 1.82) is 0 Å². The molecule has 26 heavy (non-hydrogen) atoms. The monoisotopic (exact) mass is 383 g/mol. The molecule has 2 aliphatic heterocycles. The van der Waals surface area contributed by atoms with Crippen LogP contribution in [0.2, 0.25) is 0 Å². The fourth-order valence-electron chi connectivity index (χ4n) is 2.80. The van der Waals surface area contributed by atoms with Crippen LogP contribution in [0.5, 0.6) is 0 Å². The van der Waals surface area contributed by atoms with Gasteiger partial charge in [0.1, 0.15) is 18.3 Å². The molecule has 0 radical (unpaired) electrons. The Kier molecular flexibility index (Phi) is 11.0. The summed E-state index contributed by atoms with van der Waals surface area (Å²) in [4.78, 5) is 0. The molecule has 10 nitrogen and oxygen atoms in total. The van der Waals surface area contributed by atoms with Gasteiger partial charge in [-0.1, -0.05) is 13.8 Å². The second-order valence-electron chi connectivity index (χ2n) is 5.97. The highest BCUT2D eigenvalue weighted by Gasteiger charge is 2.43. The van der Waals surface area contributed by atoms with Gasteiger partial charge < -0.3 is 50.2 Å². The molecular weight excluding hydrogens is 350 g/mol. The zero-order valence-corrected chi connectivity index (χ0v) is 15.3. The van der Waals surface area contributed by atoms with Gasteiger partial charge in [-0.05, 0) is 0 Å². The van der Waals surface area contributed by atoms with Crippen LogP contribution in [-0.4, -0.2) is 101 Å². The SMILES string of the molecule is CC.NCCOC1OC(CO)CC(O[C@H]2OC(CO)[C@@H](O)CC2O)C1O. The summed E-state index contributed by atoms with van der Waals surface area (Å²) in [7, 11) is 0. The van der Waals surface area contributed by atoms with E-state index in [1.54, 1.807) is 0 Å². The summed E-state index contributed by atoms with van der Waals surface area (Å²) < 4.78 is 21.7. The van der Waals surface area contributed by atoms with Gasteiger partial charge in [0.15, 0.2) is 12.6 Å². The highest BCUT2D eigenvalue weighted by molar-refractivity contribution is 4.86. The molecule has 2 aliphatic rings.